The van der Waals surface area contributed by atoms with E-state index in [2.05, 4.69) is 36.7 Å². The maximum Gasteiger partial charge on any atom is 0.250 e. The number of amides is 1. The summed E-state index contributed by atoms with van der Waals surface area (Å²) in [7, 11) is 1.84. The first kappa shape index (κ1) is 20.6. The van der Waals surface area contributed by atoms with Crippen LogP contribution >= 0.6 is 39.3 Å². The van der Waals surface area contributed by atoms with Gasteiger partial charge in [0.25, 0.3) is 5.91 Å². The molecule has 0 saturated carbocycles. The topological polar surface area (TPSA) is 72.2 Å². The molecule has 2 aromatic carbocycles. The summed E-state index contributed by atoms with van der Waals surface area (Å²) in [4.78, 5) is 12.1. The molecule has 1 N–H and O–H groups in total. The molecule has 0 spiro atoms. The van der Waals surface area contributed by atoms with Gasteiger partial charge in [-0.3, -0.25) is 4.79 Å². The Balaban J connectivity index is 1.60. The van der Waals surface area contributed by atoms with Crippen LogP contribution in [-0.2, 0) is 11.8 Å². The maximum atomic E-state index is 12.1. The summed E-state index contributed by atoms with van der Waals surface area (Å²) in [5.41, 5.74) is 5.03. The number of thioether (sulfide) groups is 1. The number of aromatic nitrogens is 3. The minimum absolute atomic E-state index is 0.172. The van der Waals surface area contributed by atoms with Crippen LogP contribution in [0.4, 0.5) is 0 Å². The molecule has 6 nitrogen and oxygen atoms in total. The molecule has 0 bridgehead atoms. The summed E-state index contributed by atoms with van der Waals surface area (Å²) in [5.74, 6) is 0.604. The highest BCUT2D eigenvalue weighted by atomic mass is 79.9. The fourth-order valence-electron chi connectivity index (χ4n) is 2.38. The van der Waals surface area contributed by atoms with Crippen molar-refractivity contribution in [3.05, 3.63) is 63.6 Å². The van der Waals surface area contributed by atoms with Gasteiger partial charge in [-0.25, -0.2) is 5.43 Å². The Morgan fingerprint density at radius 1 is 1.21 bits per heavy atom. The summed E-state index contributed by atoms with van der Waals surface area (Å²) >= 11 is 10.9. The Labute approximate surface area is 180 Å². The SMILES string of the molecule is C/C(=N\NC(=O)CSc1nnc(-c2ccccc2Cl)n1C)c1ccc(Br)cc1. The molecule has 0 unspecified atom stereocenters. The van der Waals surface area contributed by atoms with E-state index >= 15 is 0 Å². The smallest absolute Gasteiger partial charge is 0.250 e. The lowest BCUT2D eigenvalue weighted by atomic mass is 10.1. The Morgan fingerprint density at radius 2 is 1.93 bits per heavy atom. The van der Waals surface area contributed by atoms with Gasteiger partial charge in [0.15, 0.2) is 11.0 Å². The maximum absolute atomic E-state index is 12.1. The third-order valence-electron chi connectivity index (χ3n) is 3.89. The molecule has 144 valence electrons. The van der Waals surface area contributed by atoms with Gasteiger partial charge >= 0.3 is 0 Å². The molecule has 1 heterocycles. The predicted octanol–water partition coefficient (Wildman–Crippen LogP) is 4.53. The minimum Gasteiger partial charge on any atom is -0.305 e. The second kappa shape index (κ2) is 9.36. The van der Waals surface area contributed by atoms with E-state index in [1.54, 1.807) is 6.07 Å². The highest BCUT2D eigenvalue weighted by Crippen LogP contribution is 2.28. The summed E-state index contributed by atoms with van der Waals surface area (Å²) in [6, 6.07) is 15.2. The zero-order chi connectivity index (χ0) is 20.1. The molecule has 0 fully saturated rings. The van der Waals surface area contributed by atoms with Gasteiger partial charge in [0.05, 0.1) is 16.5 Å². The Kier molecular flexibility index (Phi) is 6.88. The van der Waals surface area contributed by atoms with Crippen LogP contribution in [0.5, 0.6) is 0 Å². The lowest BCUT2D eigenvalue weighted by Gasteiger charge is -2.05. The number of carbonyl (C=O) groups excluding carboxylic acids is 1. The summed E-state index contributed by atoms with van der Waals surface area (Å²) in [5, 5.41) is 13.7. The molecule has 1 aromatic heterocycles. The van der Waals surface area contributed by atoms with Crippen LogP contribution in [0.3, 0.4) is 0 Å². The van der Waals surface area contributed by atoms with Gasteiger partial charge in [-0.1, -0.05) is 63.6 Å². The highest BCUT2D eigenvalue weighted by Gasteiger charge is 2.14. The standard InChI is InChI=1S/C19H17BrClN5OS/c1-12(13-7-9-14(20)10-8-13)22-23-17(27)11-28-19-25-24-18(26(19)2)15-5-3-4-6-16(15)21/h3-10H,11H2,1-2H3,(H,23,27)/b22-12+. The Morgan fingerprint density at radius 3 is 2.64 bits per heavy atom. The van der Waals surface area contributed by atoms with Crippen molar-refractivity contribution in [3.8, 4) is 11.4 Å². The molecule has 9 heteroatoms. The molecule has 0 aliphatic rings. The van der Waals surface area contributed by atoms with E-state index in [4.69, 9.17) is 11.6 Å². The van der Waals surface area contributed by atoms with Gasteiger partial charge in [0.2, 0.25) is 0 Å². The van der Waals surface area contributed by atoms with Crippen molar-refractivity contribution in [1.29, 1.82) is 0 Å². The van der Waals surface area contributed by atoms with Crippen molar-refractivity contribution >= 4 is 50.9 Å². The van der Waals surface area contributed by atoms with Crippen LogP contribution in [0.2, 0.25) is 5.02 Å². The molecule has 0 atom stereocenters. The van der Waals surface area contributed by atoms with Crippen molar-refractivity contribution in [3.63, 3.8) is 0 Å². The first-order valence-corrected chi connectivity index (χ1v) is 10.5. The van der Waals surface area contributed by atoms with Crippen LogP contribution in [0.25, 0.3) is 11.4 Å². The summed E-state index contributed by atoms with van der Waals surface area (Å²) in [6.45, 7) is 1.84. The normalized spacial score (nSPS) is 11.5. The van der Waals surface area contributed by atoms with Crippen molar-refractivity contribution in [2.75, 3.05) is 5.75 Å². The van der Waals surface area contributed by atoms with Gasteiger partial charge in [0, 0.05) is 17.1 Å². The molecule has 0 aliphatic heterocycles. The monoisotopic (exact) mass is 477 g/mol. The average Bonchev–Trinajstić information content (AvgIpc) is 3.05. The lowest BCUT2D eigenvalue weighted by molar-refractivity contribution is -0.118. The second-order valence-corrected chi connectivity index (χ2v) is 8.14. The quantitative estimate of drug-likeness (QED) is 0.321. The number of benzene rings is 2. The minimum atomic E-state index is -0.219. The van der Waals surface area contributed by atoms with Crippen LogP contribution < -0.4 is 5.43 Å². The fraction of sp³-hybridized carbons (Fsp3) is 0.158. The largest absolute Gasteiger partial charge is 0.305 e. The van der Waals surface area contributed by atoms with E-state index in [-0.39, 0.29) is 11.7 Å². The second-order valence-electron chi connectivity index (χ2n) is 5.87. The number of rotatable bonds is 6. The number of carbonyl (C=O) groups is 1. The molecular formula is C19H17BrClN5OS. The number of nitrogens with one attached hydrogen (secondary N) is 1. The van der Waals surface area contributed by atoms with Gasteiger partial charge in [-0.05, 0) is 36.8 Å². The third kappa shape index (κ3) is 5.01. The highest BCUT2D eigenvalue weighted by molar-refractivity contribution is 9.10. The molecule has 0 radical (unpaired) electrons. The zero-order valence-corrected chi connectivity index (χ0v) is 18.3. The van der Waals surface area contributed by atoms with Crippen molar-refractivity contribution < 1.29 is 4.79 Å². The predicted molar refractivity (Wildman–Crippen MR) is 117 cm³/mol. The van der Waals surface area contributed by atoms with Gasteiger partial charge in [0.1, 0.15) is 0 Å². The summed E-state index contributed by atoms with van der Waals surface area (Å²) < 4.78 is 2.81. The van der Waals surface area contributed by atoms with E-state index in [0.29, 0.717) is 16.0 Å². The number of halogens is 2. The molecular weight excluding hydrogens is 462 g/mol. The van der Waals surface area contributed by atoms with Crippen LogP contribution in [0.1, 0.15) is 12.5 Å². The third-order valence-corrected chi connectivity index (χ3v) is 5.77. The van der Waals surface area contributed by atoms with Gasteiger partial charge < -0.3 is 4.57 Å². The molecule has 0 saturated heterocycles. The number of hydrazone groups is 1. The molecule has 28 heavy (non-hydrogen) atoms. The molecule has 0 aliphatic carbocycles. The first-order chi connectivity index (χ1) is 13.5. The van der Waals surface area contributed by atoms with Crippen LogP contribution in [0.15, 0.2) is 63.3 Å². The van der Waals surface area contributed by atoms with Crippen molar-refractivity contribution in [2.45, 2.75) is 12.1 Å². The van der Waals surface area contributed by atoms with Crippen molar-refractivity contribution in [1.82, 2.24) is 20.2 Å². The Bertz CT molecular complexity index is 1020. The van der Waals surface area contributed by atoms with E-state index < -0.39 is 0 Å². The molecule has 1 amide bonds. The number of nitrogens with zero attached hydrogens (tertiary/aromatic N) is 4. The first-order valence-electron chi connectivity index (χ1n) is 8.32. The molecule has 3 rings (SSSR count). The van der Waals surface area contributed by atoms with Gasteiger partial charge in [-0.2, -0.15) is 5.10 Å². The van der Waals surface area contributed by atoms with E-state index in [1.165, 1.54) is 11.8 Å². The van der Waals surface area contributed by atoms with Crippen LogP contribution in [0, 0.1) is 0 Å². The van der Waals surface area contributed by atoms with Crippen molar-refractivity contribution in [2.24, 2.45) is 12.1 Å². The van der Waals surface area contributed by atoms with E-state index in [9.17, 15) is 4.79 Å². The number of hydrogen-bond acceptors (Lipinski definition) is 5. The fourth-order valence-corrected chi connectivity index (χ4v) is 3.57. The van der Waals surface area contributed by atoms with Gasteiger partial charge in [-0.15, -0.1) is 10.2 Å². The van der Waals surface area contributed by atoms with E-state index in [0.717, 1.165) is 21.3 Å². The van der Waals surface area contributed by atoms with Crippen LogP contribution in [-0.4, -0.2) is 32.1 Å². The number of hydrogen-bond donors (Lipinski definition) is 1. The molecule has 3 aromatic rings. The Hall–Kier alpha value is -2.16. The van der Waals surface area contributed by atoms with E-state index in [1.807, 2.05) is 61.0 Å². The summed E-state index contributed by atoms with van der Waals surface area (Å²) in [6.07, 6.45) is 0. The average molecular weight is 479 g/mol. The zero-order valence-electron chi connectivity index (χ0n) is 15.2. The lowest BCUT2D eigenvalue weighted by Crippen LogP contribution is -2.21.